The van der Waals surface area contributed by atoms with Crippen LogP contribution in [0.1, 0.15) is 29.3 Å². The van der Waals surface area contributed by atoms with Crippen LogP contribution >= 0.6 is 0 Å². The number of carboxylic acid groups (broad SMARTS) is 1. The van der Waals surface area contributed by atoms with Gasteiger partial charge in [0.1, 0.15) is 0 Å². The molecule has 4 N–H and O–H groups in total. The number of carbonyl (C=O) groups is 3. The number of anilines is 2. The van der Waals surface area contributed by atoms with Gasteiger partial charge in [0, 0.05) is 29.9 Å². The van der Waals surface area contributed by atoms with E-state index in [4.69, 9.17) is 10.4 Å². The summed E-state index contributed by atoms with van der Waals surface area (Å²) >= 11 is 0. The van der Waals surface area contributed by atoms with E-state index in [0.717, 1.165) is 0 Å². The molecule has 32 heavy (non-hydrogen) atoms. The zero-order chi connectivity index (χ0) is 23.1. The standard InChI is InChI=1S/C22H24N6O4/c1-2-27-22(28(27)14-23)25-17-8-5-7-16(12-17)21(32)24-13-19(29)26-18-9-4-3-6-15(18)10-11-20(30)31/h3-9,12,22,25H,2,10-11,13H2,1H3,(H,24,32)(H,26,29)(H,30,31). The molecule has 0 saturated carbocycles. The van der Waals surface area contributed by atoms with Crippen molar-refractivity contribution < 1.29 is 19.5 Å². The molecule has 1 aliphatic heterocycles. The highest BCUT2D eigenvalue weighted by Crippen LogP contribution is 2.26. The van der Waals surface area contributed by atoms with Gasteiger partial charge in [0.25, 0.3) is 5.91 Å². The Bertz CT molecular complexity index is 1050. The van der Waals surface area contributed by atoms with Crippen molar-refractivity contribution >= 4 is 29.2 Å². The van der Waals surface area contributed by atoms with E-state index in [1.165, 1.54) is 5.01 Å². The van der Waals surface area contributed by atoms with Crippen LogP contribution in [-0.2, 0) is 16.0 Å². The van der Waals surface area contributed by atoms with Crippen molar-refractivity contribution in [2.45, 2.75) is 26.1 Å². The van der Waals surface area contributed by atoms with Crippen molar-refractivity contribution in [3.63, 3.8) is 0 Å². The number of aryl methyl sites for hydroxylation is 1. The lowest BCUT2D eigenvalue weighted by Crippen LogP contribution is -2.33. The Balaban J connectivity index is 1.53. The summed E-state index contributed by atoms with van der Waals surface area (Å²) in [4.78, 5) is 35.6. The third-order valence-corrected chi connectivity index (χ3v) is 4.89. The molecule has 2 unspecified atom stereocenters. The average Bonchev–Trinajstić information content (AvgIpc) is 3.48. The summed E-state index contributed by atoms with van der Waals surface area (Å²) in [7, 11) is 0. The summed E-state index contributed by atoms with van der Waals surface area (Å²) in [5.41, 5.74) is 2.28. The van der Waals surface area contributed by atoms with E-state index in [1.54, 1.807) is 48.5 Å². The second-order valence-electron chi connectivity index (χ2n) is 7.08. The van der Waals surface area contributed by atoms with Crippen molar-refractivity contribution in [1.29, 1.82) is 5.26 Å². The molecule has 0 spiro atoms. The van der Waals surface area contributed by atoms with E-state index in [1.807, 2.05) is 11.9 Å². The Hall–Kier alpha value is -4.10. The van der Waals surface area contributed by atoms with Crippen LogP contribution in [0, 0.1) is 11.5 Å². The summed E-state index contributed by atoms with van der Waals surface area (Å²) in [5, 5.41) is 29.7. The third kappa shape index (κ3) is 5.74. The second kappa shape index (κ2) is 10.3. The molecule has 1 saturated heterocycles. The van der Waals surface area contributed by atoms with Crippen LogP contribution in [-0.4, -0.2) is 52.3 Å². The largest absolute Gasteiger partial charge is 0.481 e. The minimum atomic E-state index is -0.917. The van der Waals surface area contributed by atoms with E-state index in [9.17, 15) is 14.4 Å². The molecule has 1 aliphatic rings. The smallest absolute Gasteiger partial charge is 0.303 e. The topological polar surface area (TPSA) is 137 Å². The number of amides is 2. The van der Waals surface area contributed by atoms with Crippen LogP contribution in [0.4, 0.5) is 11.4 Å². The van der Waals surface area contributed by atoms with Crippen LogP contribution in [0.2, 0.25) is 0 Å². The molecule has 0 aliphatic carbocycles. The molecule has 0 radical (unpaired) electrons. The maximum absolute atomic E-state index is 12.5. The zero-order valence-electron chi connectivity index (χ0n) is 17.5. The minimum absolute atomic E-state index is 0.0446. The number of nitrogens with one attached hydrogen (secondary N) is 3. The summed E-state index contributed by atoms with van der Waals surface area (Å²) in [6.45, 7) is 2.38. The van der Waals surface area contributed by atoms with Gasteiger partial charge in [0.05, 0.1) is 6.54 Å². The molecule has 1 heterocycles. The van der Waals surface area contributed by atoms with E-state index >= 15 is 0 Å². The number of nitriles is 1. The normalized spacial score (nSPS) is 16.6. The summed E-state index contributed by atoms with van der Waals surface area (Å²) in [6, 6.07) is 13.7. The van der Waals surface area contributed by atoms with Gasteiger partial charge in [0.2, 0.25) is 5.91 Å². The number of hydrogen-bond donors (Lipinski definition) is 4. The van der Waals surface area contributed by atoms with Crippen LogP contribution in [0.5, 0.6) is 0 Å². The van der Waals surface area contributed by atoms with Crippen molar-refractivity contribution in [3.8, 4) is 6.19 Å². The number of rotatable bonds is 10. The Morgan fingerprint density at radius 1 is 1.16 bits per heavy atom. The molecule has 0 aromatic heterocycles. The first-order valence-corrected chi connectivity index (χ1v) is 10.1. The number of carboxylic acids is 1. The second-order valence-corrected chi connectivity index (χ2v) is 7.08. The van der Waals surface area contributed by atoms with E-state index in [-0.39, 0.29) is 25.7 Å². The molecule has 2 amide bonds. The number of benzene rings is 2. The zero-order valence-corrected chi connectivity index (χ0v) is 17.5. The first kappa shape index (κ1) is 22.6. The maximum atomic E-state index is 12.5. The number of nitrogens with zero attached hydrogens (tertiary/aromatic N) is 3. The molecular weight excluding hydrogens is 412 g/mol. The lowest BCUT2D eigenvalue weighted by atomic mass is 10.1. The number of para-hydroxylation sites is 1. The highest BCUT2D eigenvalue weighted by atomic mass is 16.4. The van der Waals surface area contributed by atoms with Gasteiger partial charge in [-0.15, -0.1) is 0 Å². The molecule has 0 bridgehead atoms. The fourth-order valence-electron chi connectivity index (χ4n) is 3.24. The molecule has 10 nitrogen and oxygen atoms in total. The van der Waals surface area contributed by atoms with Crippen molar-refractivity contribution in [2.75, 3.05) is 23.7 Å². The molecule has 10 heteroatoms. The van der Waals surface area contributed by atoms with Crippen LogP contribution in [0.15, 0.2) is 48.5 Å². The Kier molecular flexibility index (Phi) is 7.25. The van der Waals surface area contributed by atoms with Gasteiger partial charge in [-0.3, -0.25) is 14.4 Å². The van der Waals surface area contributed by atoms with Gasteiger partial charge in [0.15, 0.2) is 12.5 Å². The summed E-state index contributed by atoms with van der Waals surface area (Å²) in [5.74, 6) is -1.75. The highest BCUT2D eigenvalue weighted by molar-refractivity contribution is 6.00. The third-order valence-electron chi connectivity index (χ3n) is 4.89. The molecular formula is C22H24N6O4. The summed E-state index contributed by atoms with van der Waals surface area (Å²) in [6.07, 6.45) is 2.07. The number of aliphatic carboxylic acids is 1. The monoisotopic (exact) mass is 436 g/mol. The van der Waals surface area contributed by atoms with Gasteiger partial charge < -0.3 is 21.1 Å². The number of hydrazine groups is 1. The average molecular weight is 436 g/mol. The number of carbonyl (C=O) groups excluding carboxylic acids is 2. The molecule has 3 rings (SSSR count). The van der Waals surface area contributed by atoms with Gasteiger partial charge in [-0.1, -0.05) is 31.2 Å². The molecule has 2 atom stereocenters. The Labute approximate surface area is 185 Å². The predicted octanol–water partition coefficient (Wildman–Crippen LogP) is 1.80. The predicted molar refractivity (Wildman–Crippen MR) is 117 cm³/mol. The Morgan fingerprint density at radius 2 is 1.94 bits per heavy atom. The lowest BCUT2D eigenvalue weighted by molar-refractivity contribution is -0.137. The van der Waals surface area contributed by atoms with E-state index in [0.29, 0.717) is 29.0 Å². The van der Waals surface area contributed by atoms with Crippen molar-refractivity contribution in [2.24, 2.45) is 0 Å². The first-order valence-electron chi connectivity index (χ1n) is 10.1. The first-order chi connectivity index (χ1) is 15.4. The Morgan fingerprint density at radius 3 is 2.62 bits per heavy atom. The minimum Gasteiger partial charge on any atom is -0.481 e. The quantitative estimate of drug-likeness (QED) is 0.327. The molecule has 166 valence electrons. The van der Waals surface area contributed by atoms with Crippen LogP contribution < -0.4 is 16.0 Å². The fraction of sp³-hybridized carbons (Fsp3) is 0.273. The van der Waals surface area contributed by atoms with Crippen molar-refractivity contribution in [1.82, 2.24) is 15.3 Å². The fourth-order valence-corrected chi connectivity index (χ4v) is 3.24. The summed E-state index contributed by atoms with van der Waals surface area (Å²) < 4.78 is 0. The van der Waals surface area contributed by atoms with Crippen LogP contribution in [0.3, 0.4) is 0 Å². The lowest BCUT2D eigenvalue weighted by Gasteiger charge is -2.11. The molecule has 1 fully saturated rings. The SMILES string of the molecule is CCN1C(Nc2cccc(C(=O)NCC(=O)Nc3ccccc3CCC(=O)O)c2)N1C#N. The molecule has 2 aromatic carbocycles. The number of hydrogen-bond acceptors (Lipinski definition) is 7. The van der Waals surface area contributed by atoms with E-state index in [2.05, 4.69) is 22.1 Å². The van der Waals surface area contributed by atoms with Gasteiger partial charge in [-0.2, -0.15) is 15.3 Å². The van der Waals surface area contributed by atoms with Gasteiger partial charge >= 0.3 is 5.97 Å². The maximum Gasteiger partial charge on any atom is 0.303 e. The highest BCUT2D eigenvalue weighted by Gasteiger charge is 2.43. The van der Waals surface area contributed by atoms with Gasteiger partial charge in [-0.25, -0.2) is 0 Å². The van der Waals surface area contributed by atoms with E-state index < -0.39 is 17.8 Å². The van der Waals surface area contributed by atoms with Crippen LogP contribution in [0.25, 0.3) is 0 Å². The van der Waals surface area contributed by atoms with Crippen molar-refractivity contribution in [3.05, 3.63) is 59.7 Å². The molecule has 2 aromatic rings. The van der Waals surface area contributed by atoms with Gasteiger partial charge in [-0.05, 0) is 36.2 Å².